The molecule has 1 N–H and O–H groups in total. The quantitative estimate of drug-likeness (QED) is 0.587. The number of nitrogens with zero attached hydrogens (tertiary/aromatic N) is 2. The average molecular weight is 427 g/mol. The minimum Gasteiger partial charge on any atom is -0.494 e. The summed E-state index contributed by atoms with van der Waals surface area (Å²) in [6, 6.07) is 9.99. The fraction of sp³-hybridized carbons (Fsp3) is 0.600. The molecule has 1 aromatic carbocycles. The van der Waals surface area contributed by atoms with Gasteiger partial charge in [0.15, 0.2) is 11.5 Å². The first-order valence-corrected chi connectivity index (χ1v) is 11.9. The summed E-state index contributed by atoms with van der Waals surface area (Å²) in [7, 11) is 0. The molecule has 0 bridgehead atoms. The van der Waals surface area contributed by atoms with Gasteiger partial charge in [0.05, 0.1) is 6.61 Å². The van der Waals surface area contributed by atoms with Crippen molar-refractivity contribution in [3.63, 3.8) is 0 Å². The maximum absolute atomic E-state index is 13.6. The topological polar surface area (TPSA) is 75.8 Å². The van der Waals surface area contributed by atoms with Crippen molar-refractivity contribution in [1.29, 1.82) is 0 Å². The molecule has 31 heavy (non-hydrogen) atoms. The Kier molecular flexibility index (Phi) is 7.62. The van der Waals surface area contributed by atoms with E-state index < -0.39 is 0 Å². The first kappa shape index (κ1) is 21.9. The standard InChI is InChI=1S/C25H34N2O4/c28-16-7-17-30-22-14-12-19(13-15-22)24-18-23(26-31-24)25(29)27(20-8-3-1-4-9-20)21-10-5-2-6-11-21/h12-15,18,20-21,28H,1-11,16-17H2. The molecule has 2 aliphatic carbocycles. The van der Waals surface area contributed by atoms with Crippen LogP contribution in [-0.4, -0.2) is 46.4 Å². The number of aromatic nitrogens is 1. The van der Waals surface area contributed by atoms with Crippen molar-refractivity contribution in [2.75, 3.05) is 13.2 Å². The summed E-state index contributed by atoms with van der Waals surface area (Å²) in [5, 5.41) is 13.0. The van der Waals surface area contributed by atoms with Crippen LogP contribution >= 0.6 is 0 Å². The second-order valence-corrected chi connectivity index (χ2v) is 8.82. The van der Waals surface area contributed by atoms with Crippen molar-refractivity contribution < 1.29 is 19.2 Å². The molecular weight excluding hydrogens is 392 g/mol. The highest BCUT2D eigenvalue weighted by molar-refractivity contribution is 5.93. The molecule has 2 aromatic rings. The lowest BCUT2D eigenvalue weighted by Crippen LogP contribution is -2.48. The Hall–Kier alpha value is -2.34. The minimum atomic E-state index is 0.0257. The molecule has 0 saturated heterocycles. The molecular formula is C25H34N2O4. The van der Waals surface area contributed by atoms with E-state index in [2.05, 4.69) is 10.1 Å². The molecule has 0 unspecified atom stereocenters. The SMILES string of the molecule is O=C(c1cc(-c2ccc(OCCCO)cc2)on1)N(C1CCCCC1)C1CCCCC1. The lowest BCUT2D eigenvalue weighted by atomic mass is 9.88. The van der Waals surface area contributed by atoms with E-state index in [4.69, 9.17) is 14.4 Å². The van der Waals surface area contributed by atoms with Crippen LogP contribution in [0.5, 0.6) is 5.75 Å². The number of ether oxygens (including phenoxy) is 1. The fourth-order valence-corrected chi connectivity index (χ4v) is 4.96. The van der Waals surface area contributed by atoms with Crippen LogP contribution in [0.25, 0.3) is 11.3 Å². The number of rotatable bonds is 8. The zero-order chi connectivity index (χ0) is 21.5. The van der Waals surface area contributed by atoms with Crippen molar-refractivity contribution in [2.45, 2.75) is 82.7 Å². The van der Waals surface area contributed by atoms with Gasteiger partial charge in [-0.25, -0.2) is 0 Å². The molecule has 6 nitrogen and oxygen atoms in total. The van der Waals surface area contributed by atoms with Crippen molar-refractivity contribution in [1.82, 2.24) is 10.1 Å². The van der Waals surface area contributed by atoms with Crippen molar-refractivity contribution in [3.8, 4) is 17.1 Å². The number of aliphatic hydroxyl groups is 1. The Morgan fingerprint density at radius 3 is 2.19 bits per heavy atom. The van der Waals surface area contributed by atoms with E-state index in [9.17, 15) is 4.79 Å². The molecule has 2 fully saturated rings. The first-order valence-electron chi connectivity index (χ1n) is 11.9. The van der Waals surface area contributed by atoms with Gasteiger partial charge < -0.3 is 19.3 Å². The average Bonchev–Trinajstić information content (AvgIpc) is 3.32. The lowest BCUT2D eigenvalue weighted by molar-refractivity contribution is 0.0438. The maximum Gasteiger partial charge on any atom is 0.276 e. The van der Waals surface area contributed by atoms with E-state index >= 15 is 0 Å². The number of carbonyl (C=O) groups is 1. The van der Waals surface area contributed by atoms with Gasteiger partial charge >= 0.3 is 0 Å². The van der Waals surface area contributed by atoms with Crippen molar-refractivity contribution in [2.24, 2.45) is 0 Å². The molecule has 2 saturated carbocycles. The molecule has 0 spiro atoms. The number of benzene rings is 1. The maximum atomic E-state index is 13.6. The number of hydrogen-bond donors (Lipinski definition) is 1. The van der Waals surface area contributed by atoms with Crippen LogP contribution in [0.4, 0.5) is 0 Å². The highest BCUT2D eigenvalue weighted by Gasteiger charge is 2.34. The van der Waals surface area contributed by atoms with Gasteiger partial charge in [-0.15, -0.1) is 0 Å². The van der Waals surface area contributed by atoms with Crippen LogP contribution in [0.1, 0.15) is 81.1 Å². The van der Waals surface area contributed by atoms with Crippen molar-refractivity contribution in [3.05, 3.63) is 36.0 Å². The normalized spacial score (nSPS) is 18.1. The molecule has 0 radical (unpaired) electrons. The Labute approximate surface area is 184 Å². The van der Waals surface area contributed by atoms with E-state index in [0.717, 1.165) is 37.0 Å². The van der Waals surface area contributed by atoms with Gasteiger partial charge in [0, 0.05) is 36.7 Å². The second kappa shape index (κ2) is 10.8. The van der Waals surface area contributed by atoms with Gasteiger partial charge in [-0.3, -0.25) is 4.79 Å². The molecule has 1 heterocycles. The minimum absolute atomic E-state index is 0.0257. The molecule has 0 atom stereocenters. The van der Waals surface area contributed by atoms with Gasteiger partial charge in [-0.05, 0) is 49.9 Å². The summed E-state index contributed by atoms with van der Waals surface area (Å²) < 4.78 is 11.1. The van der Waals surface area contributed by atoms with Crippen molar-refractivity contribution >= 4 is 5.91 Å². The smallest absolute Gasteiger partial charge is 0.276 e. The molecule has 1 amide bonds. The van der Waals surface area contributed by atoms with Crippen LogP contribution in [0.3, 0.4) is 0 Å². The third kappa shape index (κ3) is 5.48. The van der Waals surface area contributed by atoms with Gasteiger partial charge in [0.25, 0.3) is 5.91 Å². The largest absolute Gasteiger partial charge is 0.494 e. The zero-order valence-electron chi connectivity index (χ0n) is 18.3. The molecule has 6 heteroatoms. The molecule has 2 aliphatic rings. The molecule has 1 aromatic heterocycles. The second-order valence-electron chi connectivity index (χ2n) is 8.82. The van der Waals surface area contributed by atoms with E-state index in [1.54, 1.807) is 6.07 Å². The van der Waals surface area contributed by atoms with Crippen LogP contribution in [0.15, 0.2) is 34.9 Å². The van der Waals surface area contributed by atoms with E-state index in [-0.39, 0.29) is 12.5 Å². The summed E-state index contributed by atoms with van der Waals surface area (Å²) in [5.74, 6) is 1.36. The summed E-state index contributed by atoms with van der Waals surface area (Å²) in [6.45, 7) is 0.598. The van der Waals surface area contributed by atoms with Crippen LogP contribution in [-0.2, 0) is 0 Å². The summed E-state index contributed by atoms with van der Waals surface area (Å²) in [5.41, 5.74) is 1.28. The Morgan fingerprint density at radius 1 is 1.00 bits per heavy atom. The zero-order valence-corrected chi connectivity index (χ0v) is 18.3. The third-order valence-electron chi connectivity index (χ3n) is 6.61. The highest BCUT2D eigenvalue weighted by Crippen LogP contribution is 2.32. The number of amides is 1. The lowest BCUT2D eigenvalue weighted by Gasteiger charge is -2.41. The Balaban J connectivity index is 1.48. The van der Waals surface area contributed by atoms with Gasteiger partial charge in [0.2, 0.25) is 0 Å². The fourth-order valence-electron chi connectivity index (χ4n) is 4.96. The third-order valence-corrected chi connectivity index (χ3v) is 6.61. The Bertz CT molecular complexity index is 802. The summed E-state index contributed by atoms with van der Waals surface area (Å²) in [4.78, 5) is 15.7. The van der Waals surface area contributed by atoms with Gasteiger partial charge in [-0.1, -0.05) is 43.7 Å². The van der Waals surface area contributed by atoms with E-state index in [1.807, 2.05) is 24.3 Å². The van der Waals surface area contributed by atoms with Gasteiger partial charge in [-0.2, -0.15) is 0 Å². The van der Waals surface area contributed by atoms with Crippen LogP contribution in [0.2, 0.25) is 0 Å². The first-order chi connectivity index (χ1) is 15.3. The van der Waals surface area contributed by atoms with E-state index in [1.165, 1.54) is 38.5 Å². The molecule has 0 aliphatic heterocycles. The van der Waals surface area contributed by atoms with Crippen LogP contribution < -0.4 is 4.74 Å². The summed E-state index contributed by atoms with van der Waals surface area (Å²) in [6.07, 6.45) is 12.4. The predicted octanol–water partition coefficient (Wildman–Crippen LogP) is 5.21. The monoisotopic (exact) mass is 426 g/mol. The van der Waals surface area contributed by atoms with Crippen LogP contribution in [0, 0.1) is 0 Å². The number of aliphatic hydroxyl groups excluding tert-OH is 1. The predicted molar refractivity (Wildman–Crippen MR) is 119 cm³/mol. The number of carbonyl (C=O) groups excluding carboxylic acids is 1. The summed E-state index contributed by atoms with van der Waals surface area (Å²) >= 11 is 0. The highest BCUT2D eigenvalue weighted by atomic mass is 16.5. The molecule has 168 valence electrons. The van der Waals surface area contributed by atoms with Gasteiger partial charge in [0.1, 0.15) is 5.75 Å². The molecule has 4 rings (SSSR count). The van der Waals surface area contributed by atoms with E-state index in [0.29, 0.717) is 36.6 Å². The number of hydrogen-bond acceptors (Lipinski definition) is 5. The Morgan fingerprint density at radius 2 is 1.61 bits per heavy atom.